The number of rotatable bonds is 5. The molecule has 9 nitrogen and oxygen atoms in total. The molecule has 1 atom stereocenters. The first kappa shape index (κ1) is 18.1. The third kappa shape index (κ3) is 4.27. The van der Waals surface area contributed by atoms with E-state index in [1.165, 1.54) is 19.1 Å². The number of hydrogen-bond acceptors (Lipinski definition) is 7. The lowest BCUT2D eigenvalue weighted by Gasteiger charge is -2.12. The maximum atomic E-state index is 12.2. The van der Waals surface area contributed by atoms with Crippen LogP contribution in [0.1, 0.15) is 23.0 Å². The van der Waals surface area contributed by atoms with E-state index in [1.807, 2.05) is 0 Å². The van der Waals surface area contributed by atoms with Crippen molar-refractivity contribution in [1.29, 1.82) is 0 Å². The molecule has 3 heterocycles. The Bertz CT molecular complexity index is 1030. The second-order valence-electron chi connectivity index (χ2n) is 5.69. The number of nitrogens with one attached hydrogen (secondary N) is 2. The van der Waals surface area contributed by atoms with Gasteiger partial charge in [-0.2, -0.15) is 0 Å². The van der Waals surface area contributed by atoms with Gasteiger partial charge in [0.2, 0.25) is 0 Å². The molecule has 0 aliphatic rings. The number of nitrogens with zero attached hydrogens (tertiary/aromatic N) is 2. The van der Waals surface area contributed by atoms with E-state index in [4.69, 9.17) is 9.26 Å². The minimum Gasteiger partial charge on any atom is -0.449 e. The van der Waals surface area contributed by atoms with Crippen LogP contribution in [-0.2, 0) is 9.53 Å². The van der Waals surface area contributed by atoms with Gasteiger partial charge in [0.25, 0.3) is 11.5 Å². The lowest BCUT2D eigenvalue weighted by Crippen LogP contribution is -2.31. The summed E-state index contributed by atoms with van der Waals surface area (Å²) in [5, 5.41) is 6.07. The number of aromatic nitrogens is 3. The predicted octanol–water partition coefficient (Wildman–Crippen LogP) is 1.92. The van der Waals surface area contributed by atoms with Gasteiger partial charge in [-0.15, -0.1) is 0 Å². The van der Waals surface area contributed by atoms with Crippen LogP contribution in [0.2, 0.25) is 0 Å². The summed E-state index contributed by atoms with van der Waals surface area (Å²) < 4.78 is 9.89. The van der Waals surface area contributed by atoms with Crippen molar-refractivity contribution in [3.05, 3.63) is 64.3 Å². The molecule has 1 amide bonds. The Morgan fingerprint density at radius 2 is 2.07 bits per heavy atom. The van der Waals surface area contributed by atoms with E-state index in [-0.39, 0.29) is 11.4 Å². The summed E-state index contributed by atoms with van der Waals surface area (Å²) in [5.74, 6) is -0.784. The molecule has 0 saturated heterocycles. The van der Waals surface area contributed by atoms with E-state index in [1.54, 1.807) is 37.4 Å². The molecule has 2 N–H and O–H groups in total. The number of H-pyrrole nitrogens is 1. The topological polar surface area (TPSA) is 127 Å². The number of esters is 1. The molecule has 0 bridgehead atoms. The van der Waals surface area contributed by atoms with Gasteiger partial charge in [-0.05, 0) is 38.1 Å². The summed E-state index contributed by atoms with van der Waals surface area (Å²) >= 11 is 0. The fourth-order valence-corrected chi connectivity index (χ4v) is 2.24. The lowest BCUT2D eigenvalue weighted by molar-refractivity contribution is -0.123. The Morgan fingerprint density at radius 1 is 1.26 bits per heavy atom. The van der Waals surface area contributed by atoms with E-state index in [0.717, 1.165) is 0 Å². The van der Waals surface area contributed by atoms with Crippen LogP contribution in [0.3, 0.4) is 0 Å². The van der Waals surface area contributed by atoms with E-state index >= 15 is 0 Å². The normalized spacial score (nSPS) is 11.6. The number of ether oxygens (including phenoxy) is 1. The first-order chi connectivity index (χ1) is 12.9. The fourth-order valence-electron chi connectivity index (χ4n) is 2.24. The van der Waals surface area contributed by atoms with Gasteiger partial charge in [-0.3, -0.25) is 14.6 Å². The first-order valence-electron chi connectivity index (χ1n) is 8.04. The number of aryl methyl sites for hydroxylation is 1. The third-order valence-electron chi connectivity index (χ3n) is 3.60. The number of amides is 1. The zero-order valence-electron chi connectivity index (χ0n) is 14.6. The van der Waals surface area contributed by atoms with Crippen molar-refractivity contribution in [3.8, 4) is 11.4 Å². The number of carbonyl (C=O) groups is 2. The zero-order valence-corrected chi connectivity index (χ0v) is 14.6. The Balaban J connectivity index is 1.68. The molecular formula is C18H16N4O5. The molecule has 9 heteroatoms. The second-order valence-corrected chi connectivity index (χ2v) is 5.69. The molecule has 0 spiro atoms. The van der Waals surface area contributed by atoms with Crippen LogP contribution < -0.4 is 10.9 Å². The smallest absolute Gasteiger partial charge is 0.344 e. The second kappa shape index (κ2) is 7.65. The van der Waals surface area contributed by atoms with Crippen LogP contribution in [0.15, 0.2) is 51.9 Å². The molecule has 3 aromatic heterocycles. The minimum absolute atomic E-state index is 0.206. The van der Waals surface area contributed by atoms with Gasteiger partial charge in [0, 0.05) is 12.3 Å². The summed E-state index contributed by atoms with van der Waals surface area (Å²) in [7, 11) is 0. The highest BCUT2D eigenvalue weighted by molar-refractivity contribution is 5.96. The van der Waals surface area contributed by atoms with Crippen molar-refractivity contribution < 1.29 is 18.8 Å². The molecule has 0 fully saturated rings. The van der Waals surface area contributed by atoms with Gasteiger partial charge in [-0.25, -0.2) is 4.79 Å². The van der Waals surface area contributed by atoms with Gasteiger partial charge in [0.1, 0.15) is 11.3 Å². The van der Waals surface area contributed by atoms with E-state index < -0.39 is 23.5 Å². The van der Waals surface area contributed by atoms with Gasteiger partial charge in [0.15, 0.2) is 11.9 Å². The van der Waals surface area contributed by atoms with Crippen LogP contribution >= 0.6 is 0 Å². The minimum atomic E-state index is -1.13. The van der Waals surface area contributed by atoms with Crippen LogP contribution in [0.25, 0.3) is 11.4 Å². The van der Waals surface area contributed by atoms with Gasteiger partial charge < -0.3 is 19.6 Å². The number of hydrogen-bond donors (Lipinski definition) is 2. The third-order valence-corrected chi connectivity index (χ3v) is 3.60. The molecule has 0 aromatic carbocycles. The van der Waals surface area contributed by atoms with Crippen molar-refractivity contribution in [2.24, 2.45) is 0 Å². The molecular weight excluding hydrogens is 352 g/mol. The standard InChI is InChI=1S/C18H16N4O5/c1-10-9-15(22-27-10)21-16(23)11(2)26-18(25)12-6-7-14(20-17(12)24)13-5-3-4-8-19-13/h3-9,11H,1-2H3,(H,20,24)(H,21,22,23). The molecule has 3 rings (SSSR count). The number of anilines is 1. The summed E-state index contributed by atoms with van der Waals surface area (Å²) in [4.78, 5) is 43.2. The Morgan fingerprint density at radius 3 is 2.70 bits per heavy atom. The molecule has 27 heavy (non-hydrogen) atoms. The summed E-state index contributed by atoms with van der Waals surface area (Å²) in [5.41, 5.74) is 0.170. The average Bonchev–Trinajstić information content (AvgIpc) is 3.06. The van der Waals surface area contributed by atoms with Crippen molar-refractivity contribution >= 4 is 17.7 Å². The van der Waals surface area contributed by atoms with Crippen LogP contribution in [0, 0.1) is 6.92 Å². The van der Waals surface area contributed by atoms with Crippen LogP contribution in [0.4, 0.5) is 5.82 Å². The Hall–Kier alpha value is -3.75. The van der Waals surface area contributed by atoms with Crippen molar-refractivity contribution in [2.45, 2.75) is 20.0 Å². The zero-order chi connectivity index (χ0) is 19.4. The molecule has 1 unspecified atom stereocenters. The highest BCUT2D eigenvalue weighted by atomic mass is 16.5. The SMILES string of the molecule is Cc1cc(NC(=O)C(C)OC(=O)c2ccc(-c3ccccn3)[nH]c2=O)no1. The maximum Gasteiger partial charge on any atom is 0.344 e. The number of carbonyl (C=O) groups excluding carboxylic acids is 2. The Kier molecular flexibility index (Phi) is 5.11. The lowest BCUT2D eigenvalue weighted by atomic mass is 10.2. The summed E-state index contributed by atoms with van der Waals surface area (Å²) in [6.45, 7) is 3.06. The van der Waals surface area contributed by atoms with E-state index in [0.29, 0.717) is 17.1 Å². The molecule has 3 aromatic rings. The molecule has 0 radical (unpaired) electrons. The monoisotopic (exact) mass is 368 g/mol. The maximum absolute atomic E-state index is 12.2. The largest absolute Gasteiger partial charge is 0.449 e. The Labute approximate surface area is 153 Å². The molecule has 0 saturated carbocycles. The van der Waals surface area contributed by atoms with E-state index in [2.05, 4.69) is 20.4 Å². The summed E-state index contributed by atoms with van der Waals surface area (Å²) in [6, 6.07) is 9.65. The average molecular weight is 368 g/mol. The van der Waals surface area contributed by atoms with Gasteiger partial charge in [0.05, 0.1) is 11.4 Å². The summed E-state index contributed by atoms with van der Waals surface area (Å²) in [6.07, 6.45) is 0.455. The molecule has 138 valence electrons. The molecule has 0 aliphatic carbocycles. The van der Waals surface area contributed by atoms with Crippen LogP contribution in [0.5, 0.6) is 0 Å². The van der Waals surface area contributed by atoms with Crippen molar-refractivity contribution in [2.75, 3.05) is 5.32 Å². The van der Waals surface area contributed by atoms with Crippen molar-refractivity contribution in [1.82, 2.24) is 15.1 Å². The van der Waals surface area contributed by atoms with Crippen molar-refractivity contribution in [3.63, 3.8) is 0 Å². The van der Waals surface area contributed by atoms with Gasteiger partial charge >= 0.3 is 5.97 Å². The highest BCUT2D eigenvalue weighted by Crippen LogP contribution is 2.13. The first-order valence-corrected chi connectivity index (χ1v) is 8.04. The fraction of sp³-hybridized carbons (Fsp3) is 0.167. The van der Waals surface area contributed by atoms with Crippen LogP contribution in [-0.4, -0.2) is 33.1 Å². The molecule has 0 aliphatic heterocycles. The highest BCUT2D eigenvalue weighted by Gasteiger charge is 2.22. The number of pyridine rings is 2. The predicted molar refractivity (Wildman–Crippen MR) is 95.0 cm³/mol. The van der Waals surface area contributed by atoms with E-state index in [9.17, 15) is 14.4 Å². The van der Waals surface area contributed by atoms with Gasteiger partial charge in [-0.1, -0.05) is 11.2 Å². The number of aromatic amines is 1. The quantitative estimate of drug-likeness (QED) is 0.659.